The minimum atomic E-state index is -0.631. The summed E-state index contributed by atoms with van der Waals surface area (Å²) in [7, 11) is 0. The molecule has 1 aromatic heterocycles. The SMILES string of the molecule is NCc1cn[nH]c1-c1ccc(F)cc1F. The van der Waals surface area contributed by atoms with E-state index in [1.54, 1.807) is 0 Å². The van der Waals surface area contributed by atoms with E-state index < -0.39 is 11.6 Å². The van der Waals surface area contributed by atoms with Crippen LogP contribution in [0, 0.1) is 11.6 Å². The molecule has 0 aliphatic carbocycles. The van der Waals surface area contributed by atoms with Crippen molar-refractivity contribution in [3.63, 3.8) is 0 Å². The van der Waals surface area contributed by atoms with E-state index in [2.05, 4.69) is 10.2 Å². The Labute approximate surface area is 84.9 Å². The maximum absolute atomic E-state index is 13.4. The highest BCUT2D eigenvalue weighted by atomic mass is 19.1. The average Bonchev–Trinajstić information content (AvgIpc) is 2.65. The maximum Gasteiger partial charge on any atom is 0.135 e. The largest absolute Gasteiger partial charge is 0.326 e. The highest BCUT2D eigenvalue weighted by Crippen LogP contribution is 2.24. The highest BCUT2D eigenvalue weighted by molar-refractivity contribution is 5.63. The molecule has 78 valence electrons. The van der Waals surface area contributed by atoms with Gasteiger partial charge in [0.1, 0.15) is 11.6 Å². The number of nitrogens with zero attached hydrogens (tertiary/aromatic N) is 1. The van der Waals surface area contributed by atoms with Crippen molar-refractivity contribution in [2.45, 2.75) is 6.54 Å². The van der Waals surface area contributed by atoms with E-state index in [9.17, 15) is 8.78 Å². The fourth-order valence-electron chi connectivity index (χ4n) is 1.39. The molecule has 0 amide bonds. The zero-order valence-electron chi connectivity index (χ0n) is 7.80. The fourth-order valence-corrected chi connectivity index (χ4v) is 1.39. The van der Waals surface area contributed by atoms with E-state index in [1.165, 1.54) is 18.3 Å². The topological polar surface area (TPSA) is 54.7 Å². The van der Waals surface area contributed by atoms with Crippen LogP contribution in [0.4, 0.5) is 8.78 Å². The lowest BCUT2D eigenvalue weighted by atomic mass is 10.1. The Bertz CT molecular complexity index is 479. The summed E-state index contributed by atoms with van der Waals surface area (Å²) in [5, 5.41) is 6.41. The molecule has 0 radical (unpaired) electrons. The summed E-state index contributed by atoms with van der Waals surface area (Å²) < 4.78 is 26.1. The second kappa shape index (κ2) is 3.78. The van der Waals surface area contributed by atoms with Gasteiger partial charge in [0.25, 0.3) is 0 Å². The van der Waals surface area contributed by atoms with Crippen LogP contribution in [-0.4, -0.2) is 10.2 Å². The van der Waals surface area contributed by atoms with Crippen LogP contribution in [0.1, 0.15) is 5.56 Å². The number of nitrogens with two attached hydrogens (primary N) is 1. The van der Waals surface area contributed by atoms with E-state index in [0.29, 0.717) is 11.3 Å². The lowest BCUT2D eigenvalue weighted by Gasteiger charge is -2.02. The maximum atomic E-state index is 13.4. The first-order valence-corrected chi connectivity index (χ1v) is 4.40. The molecule has 0 spiro atoms. The van der Waals surface area contributed by atoms with Crippen LogP contribution in [0.3, 0.4) is 0 Å². The molecule has 3 nitrogen and oxygen atoms in total. The number of hydrogen-bond acceptors (Lipinski definition) is 2. The van der Waals surface area contributed by atoms with Gasteiger partial charge in [-0.25, -0.2) is 8.78 Å². The van der Waals surface area contributed by atoms with Gasteiger partial charge >= 0.3 is 0 Å². The second-order valence-corrected chi connectivity index (χ2v) is 3.10. The molecule has 0 aliphatic rings. The predicted molar refractivity (Wildman–Crippen MR) is 51.8 cm³/mol. The molecule has 1 heterocycles. The number of halogens is 2. The van der Waals surface area contributed by atoms with E-state index in [1.807, 2.05) is 0 Å². The molecule has 0 fully saturated rings. The number of rotatable bonds is 2. The van der Waals surface area contributed by atoms with E-state index in [0.717, 1.165) is 6.07 Å². The Balaban J connectivity index is 2.54. The minimum Gasteiger partial charge on any atom is -0.326 e. The van der Waals surface area contributed by atoms with Crippen LogP contribution in [0.2, 0.25) is 0 Å². The second-order valence-electron chi connectivity index (χ2n) is 3.10. The third kappa shape index (κ3) is 1.73. The molecule has 2 rings (SSSR count). The quantitative estimate of drug-likeness (QED) is 0.792. The van der Waals surface area contributed by atoms with Crippen molar-refractivity contribution < 1.29 is 8.78 Å². The lowest BCUT2D eigenvalue weighted by Crippen LogP contribution is -1.97. The summed E-state index contributed by atoms with van der Waals surface area (Å²) in [5.74, 6) is -1.24. The van der Waals surface area contributed by atoms with Crippen molar-refractivity contribution in [2.75, 3.05) is 0 Å². The molecule has 5 heteroatoms. The highest BCUT2D eigenvalue weighted by Gasteiger charge is 2.11. The molecule has 0 unspecified atom stereocenters. The summed E-state index contributed by atoms with van der Waals surface area (Å²) in [6, 6.07) is 3.38. The Morgan fingerprint density at radius 2 is 2.13 bits per heavy atom. The molecule has 15 heavy (non-hydrogen) atoms. The van der Waals surface area contributed by atoms with Gasteiger partial charge in [0.05, 0.1) is 11.9 Å². The van der Waals surface area contributed by atoms with Gasteiger partial charge in [-0.15, -0.1) is 0 Å². The van der Waals surface area contributed by atoms with Crippen molar-refractivity contribution in [2.24, 2.45) is 5.73 Å². The van der Waals surface area contributed by atoms with Crippen LogP contribution in [0.5, 0.6) is 0 Å². The van der Waals surface area contributed by atoms with E-state index in [4.69, 9.17) is 5.73 Å². The number of aromatic nitrogens is 2. The summed E-state index contributed by atoms with van der Waals surface area (Å²) in [4.78, 5) is 0. The molecule has 0 atom stereocenters. The molecule has 1 aromatic carbocycles. The van der Waals surface area contributed by atoms with Gasteiger partial charge < -0.3 is 5.73 Å². The average molecular weight is 209 g/mol. The third-order valence-corrected chi connectivity index (χ3v) is 2.14. The van der Waals surface area contributed by atoms with Crippen molar-refractivity contribution in [1.82, 2.24) is 10.2 Å². The van der Waals surface area contributed by atoms with Crippen LogP contribution < -0.4 is 5.73 Å². The third-order valence-electron chi connectivity index (χ3n) is 2.14. The van der Waals surface area contributed by atoms with Gasteiger partial charge in [-0.1, -0.05) is 0 Å². The van der Waals surface area contributed by atoms with Gasteiger partial charge in [-0.2, -0.15) is 5.10 Å². The molecular weight excluding hydrogens is 200 g/mol. The van der Waals surface area contributed by atoms with Gasteiger partial charge in [0.2, 0.25) is 0 Å². The summed E-state index contributed by atoms with van der Waals surface area (Å²) in [6.07, 6.45) is 1.53. The fraction of sp³-hybridized carbons (Fsp3) is 0.100. The Hall–Kier alpha value is -1.75. The van der Waals surface area contributed by atoms with Crippen LogP contribution in [0.15, 0.2) is 24.4 Å². The zero-order chi connectivity index (χ0) is 10.8. The van der Waals surface area contributed by atoms with Crippen LogP contribution in [0.25, 0.3) is 11.3 Å². The van der Waals surface area contributed by atoms with Crippen molar-refractivity contribution in [3.05, 3.63) is 41.6 Å². The molecule has 0 aliphatic heterocycles. The molecular formula is C10H9F2N3. The Morgan fingerprint density at radius 1 is 1.33 bits per heavy atom. The molecule has 2 aromatic rings. The standard InChI is InChI=1S/C10H9F2N3/c11-7-1-2-8(9(12)3-7)10-6(4-13)5-14-15-10/h1-3,5H,4,13H2,(H,14,15). The first-order chi connectivity index (χ1) is 7.22. The summed E-state index contributed by atoms with van der Waals surface area (Å²) >= 11 is 0. The van der Waals surface area contributed by atoms with Crippen molar-refractivity contribution in [1.29, 1.82) is 0 Å². The molecule has 0 saturated heterocycles. The number of hydrogen-bond donors (Lipinski definition) is 2. The zero-order valence-corrected chi connectivity index (χ0v) is 7.80. The molecule has 0 saturated carbocycles. The number of nitrogens with one attached hydrogen (secondary N) is 1. The predicted octanol–water partition coefficient (Wildman–Crippen LogP) is 1.81. The summed E-state index contributed by atoms with van der Waals surface area (Å²) in [5.41, 5.74) is 6.92. The lowest BCUT2D eigenvalue weighted by molar-refractivity contribution is 0.585. The van der Waals surface area contributed by atoms with Gasteiger partial charge in [0, 0.05) is 23.7 Å². The van der Waals surface area contributed by atoms with Crippen LogP contribution in [-0.2, 0) is 6.54 Å². The normalized spacial score (nSPS) is 10.6. The number of aromatic amines is 1. The monoisotopic (exact) mass is 209 g/mol. The van der Waals surface area contributed by atoms with Crippen molar-refractivity contribution in [3.8, 4) is 11.3 Å². The Morgan fingerprint density at radius 3 is 2.80 bits per heavy atom. The number of H-pyrrole nitrogens is 1. The summed E-state index contributed by atoms with van der Waals surface area (Å²) in [6.45, 7) is 0.253. The van der Waals surface area contributed by atoms with Gasteiger partial charge in [-0.05, 0) is 12.1 Å². The smallest absolute Gasteiger partial charge is 0.135 e. The first-order valence-electron chi connectivity index (χ1n) is 4.40. The van der Waals surface area contributed by atoms with Gasteiger partial charge in [-0.3, -0.25) is 5.10 Å². The van der Waals surface area contributed by atoms with E-state index >= 15 is 0 Å². The number of benzene rings is 1. The van der Waals surface area contributed by atoms with E-state index in [-0.39, 0.29) is 12.1 Å². The first kappa shape index (κ1) is 9.79. The van der Waals surface area contributed by atoms with Crippen LogP contribution >= 0.6 is 0 Å². The Kier molecular flexibility index (Phi) is 2.47. The van der Waals surface area contributed by atoms with Gasteiger partial charge in [0.15, 0.2) is 0 Å². The molecule has 3 N–H and O–H groups in total. The minimum absolute atomic E-state index is 0.253. The van der Waals surface area contributed by atoms with Crippen molar-refractivity contribution >= 4 is 0 Å². The molecule has 0 bridgehead atoms.